The molecule has 3 aromatic rings. The molecule has 2 aromatic carbocycles. The summed E-state index contributed by atoms with van der Waals surface area (Å²) in [6.45, 7) is -0.0156. The molecule has 1 amide bonds. The third kappa shape index (κ3) is 5.97. The number of hydrogen-bond donors (Lipinski definition) is 2. The van der Waals surface area contributed by atoms with E-state index in [1.54, 1.807) is 48.5 Å². The Bertz CT molecular complexity index is 1170. The third-order valence-electron chi connectivity index (χ3n) is 4.24. The molecule has 0 saturated heterocycles. The molecule has 9 heteroatoms. The summed E-state index contributed by atoms with van der Waals surface area (Å²) in [7, 11) is -0.603. The molecule has 0 radical (unpaired) electrons. The van der Waals surface area contributed by atoms with Crippen molar-refractivity contribution in [3.05, 3.63) is 78.3 Å². The maximum atomic E-state index is 12.3. The summed E-state index contributed by atoms with van der Waals surface area (Å²) in [5.74, 6) is 1.49. The van der Waals surface area contributed by atoms with Gasteiger partial charge >= 0.3 is 0 Å². The predicted octanol–water partition coefficient (Wildman–Crippen LogP) is 3.43. The van der Waals surface area contributed by atoms with Gasteiger partial charge in [-0.15, -0.1) is 0 Å². The molecule has 0 aliphatic rings. The molecular weight excluding hydrogens is 420 g/mol. The van der Waals surface area contributed by atoms with Crippen molar-refractivity contribution in [3.63, 3.8) is 0 Å². The molecule has 1 aromatic heterocycles. The number of carbonyl (C=O) groups excluding carboxylic acids is 1. The van der Waals surface area contributed by atoms with E-state index >= 15 is 0 Å². The maximum Gasteiger partial charge on any atom is 0.248 e. The van der Waals surface area contributed by atoms with Crippen molar-refractivity contribution in [1.82, 2.24) is 4.72 Å². The summed E-state index contributed by atoms with van der Waals surface area (Å²) in [6, 6.07) is 16.4. The first-order valence-corrected chi connectivity index (χ1v) is 10.7. The highest BCUT2D eigenvalue weighted by Crippen LogP contribution is 2.28. The van der Waals surface area contributed by atoms with Crippen LogP contribution in [0, 0.1) is 0 Å². The topological polar surface area (TPSA) is 107 Å². The van der Waals surface area contributed by atoms with Gasteiger partial charge in [0.25, 0.3) is 0 Å². The molecule has 0 aliphatic heterocycles. The second-order valence-electron chi connectivity index (χ2n) is 6.33. The number of amides is 1. The Kier molecular flexibility index (Phi) is 7.11. The summed E-state index contributed by atoms with van der Waals surface area (Å²) >= 11 is 0. The molecular formula is C22H22N2O6S. The molecule has 31 heavy (non-hydrogen) atoms. The van der Waals surface area contributed by atoms with Crippen LogP contribution in [-0.2, 0) is 21.4 Å². The van der Waals surface area contributed by atoms with Crippen LogP contribution in [0.4, 0.5) is 5.69 Å². The van der Waals surface area contributed by atoms with E-state index in [9.17, 15) is 13.2 Å². The average Bonchev–Trinajstić information content (AvgIpc) is 3.25. The number of benzene rings is 2. The average molecular weight is 442 g/mol. The highest BCUT2D eigenvalue weighted by molar-refractivity contribution is 7.89. The lowest BCUT2D eigenvalue weighted by molar-refractivity contribution is -0.111. The third-order valence-corrected chi connectivity index (χ3v) is 5.65. The zero-order chi connectivity index (χ0) is 22.3. The van der Waals surface area contributed by atoms with Gasteiger partial charge in [-0.1, -0.05) is 18.2 Å². The van der Waals surface area contributed by atoms with E-state index in [2.05, 4.69) is 10.0 Å². The van der Waals surface area contributed by atoms with Gasteiger partial charge in [0.05, 0.1) is 31.3 Å². The van der Waals surface area contributed by atoms with Crippen LogP contribution in [0.25, 0.3) is 6.08 Å². The van der Waals surface area contributed by atoms with Crippen molar-refractivity contribution >= 4 is 27.7 Å². The molecule has 8 nitrogen and oxygen atoms in total. The Balaban J connectivity index is 1.60. The van der Waals surface area contributed by atoms with E-state index in [1.807, 2.05) is 0 Å². The minimum Gasteiger partial charge on any atom is -0.497 e. The fourth-order valence-electron chi connectivity index (χ4n) is 2.67. The number of anilines is 1. The van der Waals surface area contributed by atoms with Crippen LogP contribution in [0.15, 0.2) is 76.1 Å². The van der Waals surface area contributed by atoms with Gasteiger partial charge in [0.15, 0.2) is 0 Å². The Labute approximate surface area is 180 Å². The summed E-state index contributed by atoms with van der Waals surface area (Å²) in [5, 5.41) is 2.71. The van der Waals surface area contributed by atoms with E-state index in [0.717, 1.165) is 0 Å². The van der Waals surface area contributed by atoms with Crippen molar-refractivity contribution in [2.75, 3.05) is 19.5 Å². The lowest BCUT2D eigenvalue weighted by Gasteiger charge is -2.10. The van der Waals surface area contributed by atoms with Crippen LogP contribution in [-0.4, -0.2) is 28.5 Å². The van der Waals surface area contributed by atoms with Gasteiger partial charge < -0.3 is 19.2 Å². The predicted molar refractivity (Wildman–Crippen MR) is 116 cm³/mol. The molecule has 0 atom stereocenters. The maximum absolute atomic E-state index is 12.3. The summed E-state index contributed by atoms with van der Waals surface area (Å²) in [6.07, 6.45) is 2.78. The molecule has 0 bridgehead atoms. The van der Waals surface area contributed by atoms with Gasteiger partial charge in [0.2, 0.25) is 15.9 Å². The molecule has 0 spiro atoms. The SMILES string of the molecule is COc1ccc(OC)c(NC(=O)/C=C/c2ccc(CNS(=O)(=O)c3ccccc3)o2)c1. The molecule has 0 fully saturated rings. The first-order chi connectivity index (χ1) is 14.9. The van der Waals surface area contributed by atoms with Crippen molar-refractivity contribution in [2.45, 2.75) is 11.4 Å². The fourth-order valence-corrected chi connectivity index (χ4v) is 3.69. The van der Waals surface area contributed by atoms with Crippen molar-refractivity contribution in [1.29, 1.82) is 0 Å². The van der Waals surface area contributed by atoms with Gasteiger partial charge in [-0.3, -0.25) is 4.79 Å². The second kappa shape index (κ2) is 9.96. The zero-order valence-corrected chi connectivity index (χ0v) is 17.8. The smallest absolute Gasteiger partial charge is 0.248 e. The number of rotatable bonds is 9. The highest BCUT2D eigenvalue weighted by Gasteiger charge is 2.14. The first kappa shape index (κ1) is 22.1. The number of carbonyl (C=O) groups is 1. The first-order valence-electron chi connectivity index (χ1n) is 9.26. The van der Waals surface area contributed by atoms with Gasteiger partial charge in [-0.2, -0.15) is 0 Å². The highest BCUT2D eigenvalue weighted by atomic mass is 32.2. The number of furan rings is 1. The van der Waals surface area contributed by atoms with Crippen LogP contribution >= 0.6 is 0 Å². The summed E-state index contributed by atoms with van der Waals surface area (Å²) in [5.41, 5.74) is 0.465. The lowest BCUT2D eigenvalue weighted by Crippen LogP contribution is -2.22. The Morgan fingerprint density at radius 3 is 2.52 bits per heavy atom. The number of ether oxygens (including phenoxy) is 2. The van der Waals surface area contributed by atoms with E-state index in [0.29, 0.717) is 28.7 Å². The normalized spacial score (nSPS) is 11.4. The van der Waals surface area contributed by atoms with Crippen molar-refractivity contribution in [2.24, 2.45) is 0 Å². The Morgan fingerprint density at radius 1 is 1.03 bits per heavy atom. The van der Waals surface area contributed by atoms with E-state index in [-0.39, 0.29) is 11.4 Å². The molecule has 0 aliphatic carbocycles. The largest absolute Gasteiger partial charge is 0.497 e. The summed E-state index contributed by atoms with van der Waals surface area (Å²) in [4.78, 5) is 12.4. The minimum absolute atomic E-state index is 0.0156. The Hall–Kier alpha value is -3.56. The molecule has 3 rings (SSSR count). The molecule has 0 unspecified atom stereocenters. The number of methoxy groups -OCH3 is 2. The van der Waals surface area contributed by atoms with Crippen LogP contribution < -0.4 is 19.5 Å². The number of nitrogens with one attached hydrogen (secondary N) is 2. The molecule has 162 valence electrons. The van der Waals surface area contributed by atoms with Gasteiger partial charge in [-0.05, 0) is 42.5 Å². The fraction of sp³-hybridized carbons (Fsp3) is 0.136. The van der Waals surface area contributed by atoms with Crippen molar-refractivity contribution in [3.8, 4) is 11.5 Å². The quantitative estimate of drug-likeness (QED) is 0.492. The summed E-state index contributed by atoms with van der Waals surface area (Å²) < 4.78 is 42.9. The Morgan fingerprint density at radius 2 is 1.81 bits per heavy atom. The van der Waals surface area contributed by atoms with Crippen LogP contribution in [0.3, 0.4) is 0 Å². The monoisotopic (exact) mass is 442 g/mol. The van der Waals surface area contributed by atoms with Crippen molar-refractivity contribution < 1.29 is 27.1 Å². The van der Waals surface area contributed by atoms with Gasteiger partial charge in [0.1, 0.15) is 23.0 Å². The van der Waals surface area contributed by atoms with E-state index in [1.165, 1.54) is 38.5 Å². The number of hydrogen-bond acceptors (Lipinski definition) is 6. The molecule has 0 saturated carbocycles. The lowest BCUT2D eigenvalue weighted by atomic mass is 10.2. The molecule has 1 heterocycles. The standard InChI is InChI=1S/C22H22N2O6S/c1-28-17-10-12-21(29-2)20(14-17)24-22(25)13-11-16-8-9-18(30-16)15-23-31(26,27)19-6-4-3-5-7-19/h3-14,23H,15H2,1-2H3,(H,24,25)/b13-11+. The van der Waals surface area contributed by atoms with E-state index < -0.39 is 15.9 Å². The van der Waals surface area contributed by atoms with Crippen LogP contribution in [0.5, 0.6) is 11.5 Å². The second-order valence-corrected chi connectivity index (χ2v) is 8.10. The molecule has 2 N–H and O–H groups in total. The minimum atomic E-state index is -3.64. The number of sulfonamides is 1. The van der Waals surface area contributed by atoms with Crippen LogP contribution in [0.2, 0.25) is 0 Å². The van der Waals surface area contributed by atoms with Crippen LogP contribution in [0.1, 0.15) is 11.5 Å². The van der Waals surface area contributed by atoms with Gasteiger partial charge in [0, 0.05) is 12.1 Å². The zero-order valence-electron chi connectivity index (χ0n) is 17.0. The van der Waals surface area contributed by atoms with E-state index in [4.69, 9.17) is 13.9 Å². The van der Waals surface area contributed by atoms with Gasteiger partial charge in [-0.25, -0.2) is 13.1 Å².